The molecule has 3 rings (SSSR count). The average Bonchev–Trinajstić information content (AvgIpc) is 2.99. The van der Waals surface area contributed by atoms with Gasteiger partial charge < -0.3 is 4.42 Å². The van der Waals surface area contributed by atoms with Crippen LogP contribution in [0.1, 0.15) is 24.6 Å². The quantitative estimate of drug-likeness (QED) is 0.671. The molecule has 1 aliphatic rings. The van der Waals surface area contributed by atoms with Crippen LogP contribution < -0.4 is 11.3 Å². The van der Waals surface area contributed by atoms with Gasteiger partial charge in [-0.1, -0.05) is 12.1 Å². The van der Waals surface area contributed by atoms with Crippen molar-refractivity contribution >= 4 is 26.9 Å². The van der Waals surface area contributed by atoms with Gasteiger partial charge in [-0.25, -0.2) is 5.43 Å². The molecule has 1 aromatic carbocycles. The van der Waals surface area contributed by atoms with Crippen molar-refractivity contribution in [3.63, 3.8) is 0 Å². The molecular formula is C12H13BrN2O. The Morgan fingerprint density at radius 1 is 1.44 bits per heavy atom. The molecule has 3 N–H and O–H groups in total. The molecule has 1 atom stereocenters. The third-order valence-corrected chi connectivity index (χ3v) is 3.72. The number of benzene rings is 1. The fraction of sp³-hybridized carbons (Fsp3) is 0.333. The van der Waals surface area contributed by atoms with Crippen LogP contribution in [0.15, 0.2) is 33.2 Å². The fourth-order valence-corrected chi connectivity index (χ4v) is 2.54. The lowest BCUT2D eigenvalue weighted by Gasteiger charge is -2.10. The van der Waals surface area contributed by atoms with Crippen LogP contribution in [0.5, 0.6) is 0 Å². The molecule has 0 amide bonds. The minimum Gasteiger partial charge on any atom is -0.458 e. The summed E-state index contributed by atoms with van der Waals surface area (Å²) in [4.78, 5) is 0. The summed E-state index contributed by atoms with van der Waals surface area (Å²) in [6.07, 6.45) is 2.46. The van der Waals surface area contributed by atoms with E-state index in [0.717, 1.165) is 21.2 Å². The van der Waals surface area contributed by atoms with Crippen molar-refractivity contribution in [1.82, 2.24) is 5.43 Å². The number of furan rings is 1. The predicted molar refractivity (Wildman–Crippen MR) is 66.7 cm³/mol. The van der Waals surface area contributed by atoms with Gasteiger partial charge in [-0.3, -0.25) is 5.84 Å². The monoisotopic (exact) mass is 280 g/mol. The van der Waals surface area contributed by atoms with E-state index in [1.54, 1.807) is 0 Å². The van der Waals surface area contributed by atoms with Gasteiger partial charge in [-0.2, -0.15) is 0 Å². The Kier molecular flexibility index (Phi) is 2.50. The topological polar surface area (TPSA) is 51.2 Å². The van der Waals surface area contributed by atoms with Crippen LogP contribution in [0.4, 0.5) is 0 Å². The molecule has 0 bridgehead atoms. The van der Waals surface area contributed by atoms with Crippen LogP contribution in [0.3, 0.4) is 0 Å². The van der Waals surface area contributed by atoms with Gasteiger partial charge in [0.15, 0.2) is 0 Å². The van der Waals surface area contributed by atoms with Gasteiger partial charge in [-0.15, -0.1) is 0 Å². The summed E-state index contributed by atoms with van der Waals surface area (Å²) in [5.41, 5.74) is 3.75. The van der Waals surface area contributed by atoms with E-state index in [4.69, 9.17) is 10.3 Å². The molecule has 3 nitrogen and oxygen atoms in total. The van der Waals surface area contributed by atoms with E-state index in [2.05, 4.69) is 27.4 Å². The molecule has 1 aliphatic carbocycles. The summed E-state index contributed by atoms with van der Waals surface area (Å²) in [5.74, 6) is 7.15. The van der Waals surface area contributed by atoms with Crippen LogP contribution in [0.2, 0.25) is 0 Å². The van der Waals surface area contributed by atoms with E-state index in [9.17, 15) is 0 Å². The van der Waals surface area contributed by atoms with E-state index in [0.29, 0.717) is 5.92 Å². The van der Waals surface area contributed by atoms with Crippen molar-refractivity contribution in [2.75, 3.05) is 0 Å². The second-order valence-corrected chi connectivity index (χ2v) is 5.14. The first-order valence-corrected chi connectivity index (χ1v) is 6.23. The van der Waals surface area contributed by atoms with Crippen LogP contribution in [0, 0.1) is 5.92 Å². The van der Waals surface area contributed by atoms with Crippen LogP contribution in [-0.2, 0) is 0 Å². The van der Waals surface area contributed by atoms with E-state index >= 15 is 0 Å². The zero-order valence-corrected chi connectivity index (χ0v) is 10.3. The molecule has 1 aromatic heterocycles. The van der Waals surface area contributed by atoms with E-state index in [1.807, 2.05) is 18.2 Å². The van der Waals surface area contributed by atoms with Gasteiger partial charge in [0.2, 0.25) is 0 Å². The third-order valence-electron chi connectivity index (χ3n) is 3.09. The largest absolute Gasteiger partial charge is 0.458 e. The van der Waals surface area contributed by atoms with Crippen molar-refractivity contribution in [3.05, 3.63) is 34.5 Å². The number of para-hydroxylation sites is 1. The number of nitrogens with one attached hydrogen (secondary N) is 1. The third kappa shape index (κ3) is 1.67. The highest BCUT2D eigenvalue weighted by Crippen LogP contribution is 2.42. The summed E-state index contributed by atoms with van der Waals surface area (Å²) < 4.78 is 6.85. The second-order valence-electron chi connectivity index (χ2n) is 4.29. The lowest BCUT2D eigenvalue weighted by Crippen LogP contribution is -2.29. The molecule has 4 heteroatoms. The predicted octanol–water partition coefficient (Wildman–Crippen LogP) is 3.11. The Morgan fingerprint density at radius 2 is 2.25 bits per heavy atom. The number of nitrogens with two attached hydrogens (primary N) is 1. The number of hydrogen-bond donors (Lipinski definition) is 2. The number of fused-ring (bicyclic) bond motifs is 1. The van der Waals surface area contributed by atoms with Crippen LogP contribution in [0.25, 0.3) is 11.0 Å². The second kappa shape index (κ2) is 3.87. The highest BCUT2D eigenvalue weighted by molar-refractivity contribution is 9.10. The van der Waals surface area contributed by atoms with E-state index < -0.39 is 0 Å². The first-order chi connectivity index (χ1) is 7.79. The number of hydrazine groups is 1. The highest BCUT2D eigenvalue weighted by Gasteiger charge is 2.33. The molecule has 0 saturated heterocycles. The van der Waals surface area contributed by atoms with Gasteiger partial charge in [0.1, 0.15) is 11.3 Å². The zero-order chi connectivity index (χ0) is 11.1. The molecule has 0 spiro atoms. The maximum absolute atomic E-state index is 5.86. The van der Waals surface area contributed by atoms with Crippen molar-refractivity contribution in [1.29, 1.82) is 0 Å². The molecule has 1 unspecified atom stereocenters. The van der Waals surface area contributed by atoms with E-state index in [1.165, 1.54) is 12.8 Å². The molecule has 1 heterocycles. The summed E-state index contributed by atoms with van der Waals surface area (Å²) >= 11 is 3.49. The minimum absolute atomic E-state index is 0.152. The Bertz CT molecular complexity index is 519. The Morgan fingerprint density at radius 3 is 2.88 bits per heavy atom. The van der Waals surface area contributed by atoms with Crippen molar-refractivity contribution in [2.24, 2.45) is 11.8 Å². The number of halogens is 1. The fourth-order valence-electron chi connectivity index (χ4n) is 2.08. The van der Waals surface area contributed by atoms with E-state index in [-0.39, 0.29) is 6.04 Å². The SMILES string of the molecule is NNC(c1cc2cccc(Br)c2o1)C1CC1. The van der Waals surface area contributed by atoms with Crippen LogP contribution >= 0.6 is 15.9 Å². The lowest BCUT2D eigenvalue weighted by atomic mass is 10.1. The molecule has 1 saturated carbocycles. The molecule has 0 aliphatic heterocycles. The van der Waals surface area contributed by atoms with Crippen molar-refractivity contribution in [3.8, 4) is 0 Å². The maximum atomic E-state index is 5.86. The zero-order valence-electron chi connectivity index (χ0n) is 8.74. The Balaban J connectivity index is 2.06. The first kappa shape index (κ1) is 10.3. The highest BCUT2D eigenvalue weighted by atomic mass is 79.9. The lowest BCUT2D eigenvalue weighted by molar-refractivity contribution is 0.402. The number of hydrogen-bond acceptors (Lipinski definition) is 3. The standard InChI is InChI=1S/C12H13BrN2O/c13-9-3-1-2-8-6-10(16-12(8)9)11(15-14)7-4-5-7/h1-3,6-7,11,15H,4-5,14H2. The Labute approximate surface area is 102 Å². The Hall–Kier alpha value is -0.840. The van der Waals surface area contributed by atoms with Crippen LogP contribution in [-0.4, -0.2) is 0 Å². The maximum Gasteiger partial charge on any atom is 0.148 e. The smallest absolute Gasteiger partial charge is 0.148 e. The van der Waals surface area contributed by atoms with Crippen molar-refractivity contribution in [2.45, 2.75) is 18.9 Å². The molecule has 84 valence electrons. The first-order valence-electron chi connectivity index (χ1n) is 5.43. The van der Waals surface area contributed by atoms with Gasteiger partial charge >= 0.3 is 0 Å². The van der Waals surface area contributed by atoms with Gasteiger partial charge in [0.05, 0.1) is 10.5 Å². The van der Waals surface area contributed by atoms with Gasteiger partial charge in [0, 0.05) is 5.39 Å². The number of rotatable bonds is 3. The summed E-state index contributed by atoms with van der Waals surface area (Å²) in [6.45, 7) is 0. The summed E-state index contributed by atoms with van der Waals surface area (Å²) in [7, 11) is 0. The minimum atomic E-state index is 0.152. The summed E-state index contributed by atoms with van der Waals surface area (Å²) in [5, 5.41) is 1.12. The molecule has 0 radical (unpaired) electrons. The summed E-state index contributed by atoms with van der Waals surface area (Å²) in [6, 6.07) is 8.27. The average molecular weight is 281 g/mol. The molecule has 2 aromatic rings. The van der Waals surface area contributed by atoms with Crippen molar-refractivity contribution < 1.29 is 4.42 Å². The normalized spacial score (nSPS) is 17.9. The molecular weight excluding hydrogens is 268 g/mol. The molecule has 1 fully saturated rings. The van der Waals surface area contributed by atoms with Gasteiger partial charge in [0.25, 0.3) is 0 Å². The van der Waals surface area contributed by atoms with Gasteiger partial charge in [-0.05, 0) is 46.8 Å². The molecule has 16 heavy (non-hydrogen) atoms.